The minimum absolute atomic E-state index is 0.579. The molecule has 0 bridgehead atoms. The molecule has 1 aliphatic rings. The van der Waals surface area contributed by atoms with Gasteiger partial charge in [-0.2, -0.15) is 5.10 Å². The fourth-order valence-corrected chi connectivity index (χ4v) is 3.92. The van der Waals surface area contributed by atoms with Crippen LogP contribution in [0.3, 0.4) is 0 Å². The second-order valence-corrected chi connectivity index (χ2v) is 6.78. The van der Waals surface area contributed by atoms with Crippen LogP contribution in [0.1, 0.15) is 24.5 Å². The van der Waals surface area contributed by atoms with Gasteiger partial charge < -0.3 is 9.88 Å². The van der Waals surface area contributed by atoms with Crippen molar-refractivity contribution in [3.05, 3.63) is 48.5 Å². The van der Waals surface area contributed by atoms with Gasteiger partial charge in [0.25, 0.3) is 0 Å². The van der Waals surface area contributed by atoms with Crippen molar-refractivity contribution >= 4 is 27.8 Å². The maximum atomic E-state index is 4.53. The third-order valence-corrected chi connectivity index (χ3v) is 5.29. The Balaban J connectivity index is 1.38. The van der Waals surface area contributed by atoms with Gasteiger partial charge in [-0.1, -0.05) is 18.2 Å². The fraction of sp³-hybridized carbons (Fsp3) is 0.316. The van der Waals surface area contributed by atoms with E-state index in [1.54, 1.807) is 11.0 Å². The lowest BCUT2D eigenvalue weighted by molar-refractivity contribution is 0.496. The van der Waals surface area contributed by atoms with E-state index in [0.29, 0.717) is 5.92 Å². The number of piperidine rings is 1. The standard InChI is InChI=1S/C19H20N6/c1-24-18-15(11-22-24)19(21-12-20-18)25-8-6-13(7-9-25)17-10-14-4-2-3-5-16(14)23-17/h2-5,10-13,23H,6-9H2,1H3. The number of anilines is 1. The van der Waals surface area contributed by atoms with Crippen molar-refractivity contribution in [2.45, 2.75) is 18.8 Å². The summed E-state index contributed by atoms with van der Waals surface area (Å²) < 4.78 is 1.80. The molecular formula is C19H20N6. The molecule has 6 heteroatoms. The molecule has 6 nitrogen and oxygen atoms in total. The van der Waals surface area contributed by atoms with E-state index in [9.17, 15) is 0 Å². The van der Waals surface area contributed by atoms with Gasteiger partial charge in [0.1, 0.15) is 12.1 Å². The molecule has 1 fully saturated rings. The second kappa shape index (κ2) is 5.58. The molecule has 5 rings (SSSR count). The Morgan fingerprint density at radius 2 is 1.96 bits per heavy atom. The molecule has 4 heterocycles. The van der Waals surface area contributed by atoms with Gasteiger partial charge >= 0.3 is 0 Å². The highest BCUT2D eigenvalue weighted by molar-refractivity contribution is 5.86. The molecule has 1 aliphatic heterocycles. The van der Waals surface area contributed by atoms with Gasteiger partial charge in [0.15, 0.2) is 5.65 Å². The van der Waals surface area contributed by atoms with Crippen molar-refractivity contribution in [3.63, 3.8) is 0 Å². The summed E-state index contributed by atoms with van der Waals surface area (Å²) in [5, 5.41) is 6.66. The van der Waals surface area contributed by atoms with E-state index >= 15 is 0 Å². The van der Waals surface area contributed by atoms with E-state index in [2.05, 4.69) is 55.3 Å². The summed E-state index contributed by atoms with van der Waals surface area (Å²) in [6.45, 7) is 2.00. The number of nitrogens with zero attached hydrogens (tertiary/aromatic N) is 5. The van der Waals surface area contributed by atoms with Crippen LogP contribution in [0.15, 0.2) is 42.9 Å². The number of benzene rings is 1. The maximum absolute atomic E-state index is 4.53. The summed E-state index contributed by atoms with van der Waals surface area (Å²) in [6, 6.07) is 10.8. The molecule has 0 aliphatic carbocycles. The summed E-state index contributed by atoms with van der Waals surface area (Å²) in [7, 11) is 1.92. The molecule has 0 saturated carbocycles. The summed E-state index contributed by atoms with van der Waals surface area (Å²) in [6.07, 6.45) is 5.76. The number of hydrogen-bond acceptors (Lipinski definition) is 4. The molecule has 0 atom stereocenters. The molecule has 3 aromatic heterocycles. The number of fused-ring (bicyclic) bond motifs is 2. The van der Waals surface area contributed by atoms with E-state index in [1.807, 2.05) is 13.2 Å². The number of hydrogen-bond donors (Lipinski definition) is 1. The van der Waals surface area contributed by atoms with Crippen molar-refractivity contribution in [3.8, 4) is 0 Å². The Morgan fingerprint density at radius 3 is 2.80 bits per heavy atom. The zero-order valence-corrected chi connectivity index (χ0v) is 14.2. The van der Waals surface area contributed by atoms with Crippen LogP contribution in [-0.4, -0.2) is 37.8 Å². The van der Waals surface area contributed by atoms with Crippen LogP contribution >= 0.6 is 0 Å². The maximum Gasteiger partial charge on any atom is 0.163 e. The average Bonchev–Trinajstić information content (AvgIpc) is 3.26. The van der Waals surface area contributed by atoms with Crippen molar-refractivity contribution in [1.82, 2.24) is 24.7 Å². The van der Waals surface area contributed by atoms with Gasteiger partial charge in [-0.15, -0.1) is 0 Å². The van der Waals surface area contributed by atoms with Crippen LogP contribution in [-0.2, 0) is 7.05 Å². The lowest BCUT2D eigenvalue weighted by atomic mass is 9.93. The normalized spacial score (nSPS) is 16.1. The first-order chi connectivity index (χ1) is 12.3. The highest BCUT2D eigenvalue weighted by atomic mass is 15.3. The second-order valence-electron chi connectivity index (χ2n) is 6.78. The predicted octanol–water partition coefficient (Wildman–Crippen LogP) is 3.23. The van der Waals surface area contributed by atoms with Crippen LogP contribution in [0.2, 0.25) is 0 Å². The average molecular weight is 332 g/mol. The lowest BCUT2D eigenvalue weighted by Crippen LogP contribution is -2.33. The largest absolute Gasteiger partial charge is 0.358 e. The lowest BCUT2D eigenvalue weighted by Gasteiger charge is -2.32. The molecule has 126 valence electrons. The number of nitrogens with one attached hydrogen (secondary N) is 1. The van der Waals surface area contributed by atoms with Crippen LogP contribution in [0, 0.1) is 0 Å². The Bertz CT molecular complexity index is 1010. The molecule has 1 aromatic carbocycles. The van der Waals surface area contributed by atoms with Crippen molar-refractivity contribution in [1.29, 1.82) is 0 Å². The molecule has 0 amide bonds. The van der Waals surface area contributed by atoms with Crippen molar-refractivity contribution in [2.75, 3.05) is 18.0 Å². The Morgan fingerprint density at radius 1 is 1.12 bits per heavy atom. The predicted molar refractivity (Wildman–Crippen MR) is 98.8 cm³/mol. The Hall–Kier alpha value is -2.89. The van der Waals surface area contributed by atoms with Crippen LogP contribution in [0.5, 0.6) is 0 Å². The Labute approximate surface area is 145 Å². The third-order valence-electron chi connectivity index (χ3n) is 5.29. The summed E-state index contributed by atoms with van der Waals surface area (Å²) in [5.41, 5.74) is 3.48. The first kappa shape index (κ1) is 14.5. The minimum atomic E-state index is 0.579. The molecule has 25 heavy (non-hydrogen) atoms. The fourth-order valence-electron chi connectivity index (χ4n) is 3.92. The van der Waals surface area contributed by atoms with Crippen molar-refractivity contribution in [2.24, 2.45) is 7.05 Å². The quantitative estimate of drug-likeness (QED) is 0.612. The highest BCUT2D eigenvalue weighted by Crippen LogP contribution is 2.33. The van der Waals surface area contributed by atoms with Crippen LogP contribution < -0.4 is 4.90 Å². The van der Waals surface area contributed by atoms with Crippen molar-refractivity contribution < 1.29 is 0 Å². The van der Waals surface area contributed by atoms with Gasteiger partial charge in [0.2, 0.25) is 0 Å². The smallest absolute Gasteiger partial charge is 0.163 e. The minimum Gasteiger partial charge on any atom is -0.358 e. The molecule has 4 aromatic rings. The molecule has 1 saturated heterocycles. The van der Waals surface area contributed by atoms with Crippen LogP contribution in [0.25, 0.3) is 21.9 Å². The van der Waals surface area contributed by atoms with E-state index < -0.39 is 0 Å². The molecule has 0 radical (unpaired) electrons. The summed E-state index contributed by atoms with van der Waals surface area (Å²) in [5.74, 6) is 1.59. The van der Waals surface area contributed by atoms with E-state index in [-0.39, 0.29) is 0 Å². The molecular weight excluding hydrogens is 312 g/mol. The topological polar surface area (TPSA) is 62.6 Å². The molecule has 0 unspecified atom stereocenters. The van der Waals surface area contributed by atoms with Gasteiger partial charge in [-0.25, -0.2) is 9.97 Å². The molecule has 0 spiro atoms. The monoisotopic (exact) mass is 332 g/mol. The Kier molecular flexibility index (Phi) is 3.23. The van der Waals surface area contributed by atoms with E-state index in [1.165, 1.54) is 16.6 Å². The van der Waals surface area contributed by atoms with Gasteiger partial charge in [-0.3, -0.25) is 4.68 Å². The zero-order chi connectivity index (χ0) is 16.8. The first-order valence-electron chi connectivity index (χ1n) is 8.75. The number of para-hydroxylation sites is 1. The number of aryl methyl sites for hydroxylation is 1. The third kappa shape index (κ3) is 2.36. The van der Waals surface area contributed by atoms with Gasteiger partial charge in [0.05, 0.1) is 11.6 Å². The number of rotatable bonds is 2. The summed E-state index contributed by atoms with van der Waals surface area (Å²) >= 11 is 0. The van der Waals surface area contributed by atoms with Crippen LogP contribution in [0.4, 0.5) is 5.82 Å². The first-order valence-corrected chi connectivity index (χ1v) is 8.75. The molecule has 1 N–H and O–H groups in total. The van der Waals surface area contributed by atoms with Gasteiger partial charge in [-0.05, 0) is 30.4 Å². The van der Waals surface area contributed by atoms with E-state index in [0.717, 1.165) is 42.8 Å². The number of H-pyrrole nitrogens is 1. The highest BCUT2D eigenvalue weighted by Gasteiger charge is 2.24. The van der Waals surface area contributed by atoms with Gasteiger partial charge in [0, 0.05) is 37.3 Å². The zero-order valence-electron chi connectivity index (χ0n) is 14.2. The summed E-state index contributed by atoms with van der Waals surface area (Å²) in [4.78, 5) is 14.8. The number of aromatic nitrogens is 5. The van der Waals surface area contributed by atoms with E-state index in [4.69, 9.17) is 0 Å². The SMILES string of the molecule is Cn1ncc2c(N3CCC(c4cc5ccccc5[nH]4)CC3)ncnc21. The number of aromatic amines is 1.